The van der Waals surface area contributed by atoms with Crippen molar-refractivity contribution in [1.82, 2.24) is 9.88 Å². The molecule has 1 N–H and O–H groups in total. The van der Waals surface area contributed by atoms with E-state index in [0.717, 1.165) is 5.56 Å². The summed E-state index contributed by atoms with van der Waals surface area (Å²) in [6, 6.07) is 9.91. The Bertz CT molecular complexity index is 990. The van der Waals surface area contributed by atoms with Gasteiger partial charge < -0.3 is 14.7 Å². The van der Waals surface area contributed by atoms with E-state index >= 15 is 0 Å². The maximum absolute atomic E-state index is 12.9. The topological polar surface area (TPSA) is 79.7 Å². The molecule has 0 aliphatic carbocycles. The fourth-order valence-electron chi connectivity index (χ4n) is 3.79. The van der Waals surface area contributed by atoms with Crippen molar-refractivity contribution in [2.24, 2.45) is 0 Å². The minimum Gasteiger partial charge on any atom is -0.507 e. The Morgan fingerprint density at radius 1 is 1.20 bits per heavy atom. The number of ether oxygens (including phenoxy) is 1. The van der Waals surface area contributed by atoms with Crippen LogP contribution in [0.4, 0.5) is 0 Å². The van der Waals surface area contributed by atoms with E-state index in [9.17, 15) is 14.7 Å². The average Bonchev–Trinajstić information content (AvgIpc) is 2.98. The van der Waals surface area contributed by atoms with Crippen LogP contribution in [0.3, 0.4) is 0 Å². The van der Waals surface area contributed by atoms with Crippen LogP contribution in [0, 0.1) is 0 Å². The molecule has 1 aliphatic rings. The highest BCUT2D eigenvalue weighted by Crippen LogP contribution is 2.40. The molecular weight excluding hydrogens is 380 g/mol. The molecule has 158 valence electrons. The number of ketones is 1. The molecule has 1 aromatic carbocycles. The number of aliphatic hydroxyl groups excluding tert-OH is 1. The van der Waals surface area contributed by atoms with Crippen LogP contribution in [0.5, 0.6) is 5.75 Å². The van der Waals surface area contributed by atoms with Crippen molar-refractivity contribution < 1.29 is 19.4 Å². The number of carbonyl (C=O) groups excluding carboxylic acids is 2. The molecule has 3 rings (SSSR count). The summed E-state index contributed by atoms with van der Waals surface area (Å²) in [7, 11) is 1.60. The van der Waals surface area contributed by atoms with E-state index in [4.69, 9.17) is 4.74 Å². The molecule has 6 heteroatoms. The Morgan fingerprint density at radius 3 is 2.50 bits per heavy atom. The van der Waals surface area contributed by atoms with E-state index < -0.39 is 17.7 Å². The van der Waals surface area contributed by atoms with Crippen molar-refractivity contribution in [3.8, 4) is 5.75 Å². The lowest BCUT2D eigenvalue weighted by molar-refractivity contribution is -0.139. The molecule has 1 unspecified atom stereocenters. The normalized spacial score (nSPS) is 18.7. The van der Waals surface area contributed by atoms with Crippen molar-refractivity contribution in [1.29, 1.82) is 0 Å². The van der Waals surface area contributed by atoms with Crippen LogP contribution in [0.1, 0.15) is 57.0 Å². The van der Waals surface area contributed by atoms with Gasteiger partial charge in [0.15, 0.2) is 0 Å². The van der Waals surface area contributed by atoms with E-state index in [2.05, 4.69) is 4.98 Å². The van der Waals surface area contributed by atoms with Crippen molar-refractivity contribution in [2.75, 3.05) is 13.7 Å². The number of amides is 1. The van der Waals surface area contributed by atoms with Crippen LogP contribution < -0.4 is 4.74 Å². The summed E-state index contributed by atoms with van der Waals surface area (Å²) < 4.78 is 5.47. The zero-order valence-electron chi connectivity index (χ0n) is 18.1. The number of aliphatic hydroxyl groups is 1. The van der Waals surface area contributed by atoms with Gasteiger partial charge in [-0.25, -0.2) is 0 Å². The summed E-state index contributed by atoms with van der Waals surface area (Å²) in [5.74, 6) is -0.800. The fourth-order valence-corrected chi connectivity index (χ4v) is 3.79. The molecule has 2 heterocycles. The molecule has 1 fully saturated rings. The fraction of sp³-hybridized carbons (Fsp3) is 0.375. The molecule has 1 aliphatic heterocycles. The van der Waals surface area contributed by atoms with Crippen LogP contribution in [-0.2, 0) is 15.0 Å². The lowest BCUT2D eigenvalue weighted by atomic mass is 9.84. The monoisotopic (exact) mass is 408 g/mol. The maximum atomic E-state index is 12.9. The van der Waals surface area contributed by atoms with Crippen molar-refractivity contribution in [3.05, 3.63) is 65.0 Å². The van der Waals surface area contributed by atoms with Gasteiger partial charge in [0.25, 0.3) is 11.7 Å². The predicted molar refractivity (Wildman–Crippen MR) is 115 cm³/mol. The number of methoxy groups -OCH3 is 1. The van der Waals surface area contributed by atoms with E-state index in [0.29, 0.717) is 30.0 Å². The van der Waals surface area contributed by atoms with Crippen LogP contribution in [-0.4, -0.2) is 40.3 Å². The molecule has 30 heavy (non-hydrogen) atoms. The molecule has 6 nitrogen and oxygen atoms in total. The summed E-state index contributed by atoms with van der Waals surface area (Å²) >= 11 is 0. The molecule has 0 bridgehead atoms. The summed E-state index contributed by atoms with van der Waals surface area (Å²) in [5, 5.41) is 11.2. The highest BCUT2D eigenvalue weighted by Gasteiger charge is 2.46. The van der Waals surface area contributed by atoms with Gasteiger partial charge >= 0.3 is 0 Å². The largest absolute Gasteiger partial charge is 0.507 e. The van der Waals surface area contributed by atoms with Crippen LogP contribution in [0.25, 0.3) is 5.76 Å². The zero-order valence-corrected chi connectivity index (χ0v) is 18.1. The van der Waals surface area contributed by atoms with Crippen LogP contribution in [0.15, 0.2) is 48.2 Å². The SMILES string of the molecule is CCCN1C(=O)C(=O)/C(=C(\O)c2ccc(OC)c(C(C)(C)C)c2)C1c1ccccn1. The molecule has 1 atom stereocenters. The molecule has 1 saturated heterocycles. The Balaban J connectivity index is 2.21. The Hall–Kier alpha value is -3.15. The van der Waals surface area contributed by atoms with Gasteiger partial charge in [0.1, 0.15) is 17.6 Å². The number of pyridine rings is 1. The smallest absolute Gasteiger partial charge is 0.295 e. The number of benzene rings is 1. The van der Waals surface area contributed by atoms with Gasteiger partial charge in [-0.15, -0.1) is 0 Å². The summed E-state index contributed by atoms with van der Waals surface area (Å²) in [5.41, 5.74) is 1.74. The van der Waals surface area contributed by atoms with E-state index in [-0.39, 0.29) is 16.7 Å². The van der Waals surface area contributed by atoms with Gasteiger partial charge in [-0.1, -0.05) is 33.8 Å². The first-order valence-electron chi connectivity index (χ1n) is 10.1. The zero-order chi connectivity index (χ0) is 22.1. The summed E-state index contributed by atoms with van der Waals surface area (Å²) in [4.78, 5) is 31.5. The number of likely N-dealkylation sites (tertiary alicyclic amines) is 1. The number of nitrogens with zero attached hydrogens (tertiary/aromatic N) is 2. The standard InChI is InChI=1S/C24H28N2O4/c1-6-13-26-20(17-9-7-8-12-25-17)19(22(28)23(26)29)21(27)15-10-11-18(30-5)16(14-15)24(2,3)4/h7-12,14,20,27H,6,13H2,1-5H3/b21-19-. The highest BCUT2D eigenvalue weighted by atomic mass is 16.5. The van der Waals surface area contributed by atoms with Gasteiger partial charge in [0, 0.05) is 23.9 Å². The molecule has 1 aromatic heterocycles. The molecule has 0 spiro atoms. The number of hydrogen-bond donors (Lipinski definition) is 1. The Morgan fingerprint density at radius 2 is 1.93 bits per heavy atom. The second kappa shape index (κ2) is 8.30. The minimum absolute atomic E-state index is 0.0668. The van der Waals surface area contributed by atoms with Gasteiger partial charge in [-0.3, -0.25) is 14.6 Å². The molecule has 0 radical (unpaired) electrons. The second-order valence-electron chi connectivity index (χ2n) is 8.41. The number of rotatable bonds is 5. The third-order valence-electron chi connectivity index (χ3n) is 5.25. The lowest BCUT2D eigenvalue weighted by Crippen LogP contribution is -2.30. The first-order chi connectivity index (χ1) is 14.2. The summed E-state index contributed by atoms with van der Waals surface area (Å²) in [6.45, 7) is 8.47. The lowest BCUT2D eigenvalue weighted by Gasteiger charge is -2.25. The van der Waals surface area contributed by atoms with Crippen molar-refractivity contribution >= 4 is 17.4 Å². The first-order valence-corrected chi connectivity index (χ1v) is 10.1. The number of Topliss-reactive ketones (excluding diaryl/α,β-unsaturated/α-hetero) is 1. The second-order valence-corrected chi connectivity index (χ2v) is 8.41. The number of carbonyl (C=O) groups is 2. The van der Waals surface area contributed by atoms with E-state index in [1.165, 1.54) is 4.90 Å². The predicted octanol–water partition coefficient (Wildman–Crippen LogP) is 4.22. The third-order valence-corrected chi connectivity index (χ3v) is 5.25. The van der Waals surface area contributed by atoms with Crippen LogP contribution >= 0.6 is 0 Å². The summed E-state index contributed by atoms with van der Waals surface area (Å²) in [6.07, 6.45) is 2.31. The van der Waals surface area contributed by atoms with Crippen LogP contribution in [0.2, 0.25) is 0 Å². The third kappa shape index (κ3) is 3.82. The molecule has 1 amide bonds. The maximum Gasteiger partial charge on any atom is 0.295 e. The number of hydrogen-bond acceptors (Lipinski definition) is 5. The highest BCUT2D eigenvalue weighted by molar-refractivity contribution is 6.46. The quantitative estimate of drug-likeness (QED) is 0.455. The minimum atomic E-state index is -0.716. The molecule has 0 saturated carbocycles. The van der Waals surface area contributed by atoms with E-state index in [1.54, 1.807) is 43.6 Å². The van der Waals surface area contributed by atoms with Gasteiger partial charge in [0.05, 0.1) is 18.4 Å². The van der Waals surface area contributed by atoms with Gasteiger partial charge in [-0.05, 0) is 42.2 Å². The van der Waals surface area contributed by atoms with Crippen molar-refractivity contribution in [2.45, 2.75) is 45.6 Å². The Kier molecular flexibility index (Phi) is 5.97. The molecule has 2 aromatic rings. The van der Waals surface area contributed by atoms with Gasteiger partial charge in [-0.2, -0.15) is 0 Å². The van der Waals surface area contributed by atoms with Crippen molar-refractivity contribution in [3.63, 3.8) is 0 Å². The van der Waals surface area contributed by atoms with E-state index in [1.807, 2.05) is 33.8 Å². The Labute approximate surface area is 177 Å². The first kappa shape index (κ1) is 21.6. The number of aromatic nitrogens is 1. The average molecular weight is 408 g/mol. The molecular formula is C24H28N2O4. The van der Waals surface area contributed by atoms with Gasteiger partial charge in [0.2, 0.25) is 0 Å².